The highest BCUT2D eigenvalue weighted by molar-refractivity contribution is 7.22. The van der Waals surface area contributed by atoms with Crippen molar-refractivity contribution in [2.24, 2.45) is 0 Å². The van der Waals surface area contributed by atoms with E-state index in [-0.39, 0.29) is 12.5 Å². The van der Waals surface area contributed by atoms with Crippen molar-refractivity contribution in [2.75, 3.05) is 23.3 Å². The van der Waals surface area contributed by atoms with E-state index in [1.807, 2.05) is 42.6 Å². The summed E-state index contributed by atoms with van der Waals surface area (Å²) in [7, 11) is 0. The Morgan fingerprint density at radius 2 is 1.97 bits per heavy atom. The molecule has 33 heavy (non-hydrogen) atoms. The quantitative estimate of drug-likeness (QED) is 0.434. The fourth-order valence-corrected chi connectivity index (χ4v) is 6.06. The summed E-state index contributed by atoms with van der Waals surface area (Å²) in [5, 5.41) is 5.87. The van der Waals surface area contributed by atoms with Gasteiger partial charge in [0.1, 0.15) is 22.6 Å². The number of aryl methyl sites for hydroxylation is 2. The van der Waals surface area contributed by atoms with Crippen molar-refractivity contribution in [2.45, 2.75) is 39.7 Å². The van der Waals surface area contributed by atoms with E-state index >= 15 is 0 Å². The number of benzene rings is 1. The van der Waals surface area contributed by atoms with Gasteiger partial charge in [0, 0.05) is 18.8 Å². The van der Waals surface area contributed by atoms with E-state index in [2.05, 4.69) is 22.1 Å². The lowest BCUT2D eigenvalue weighted by molar-refractivity contribution is -0.116. The van der Waals surface area contributed by atoms with Crippen molar-refractivity contribution in [3.8, 4) is 10.6 Å². The Kier molecular flexibility index (Phi) is 5.99. The van der Waals surface area contributed by atoms with Gasteiger partial charge in [0.05, 0.1) is 4.88 Å². The van der Waals surface area contributed by atoms with Crippen LogP contribution >= 0.6 is 22.7 Å². The molecule has 1 fully saturated rings. The Labute approximate surface area is 199 Å². The summed E-state index contributed by atoms with van der Waals surface area (Å²) in [6, 6.07) is 9.86. The third-order valence-corrected chi connectivity index (χ3v) is 7.96. The molecule has 1 aliphatic heterocycles. The van der Waals surface area contributed by atoms with Crippen molar-refractivity contribution in [3.05, 3.63) is 57.3 Å². The lowest BCUT2D eigenvalue weighted by Gasteiger charge is -2.14. The van der Waals surface area contributed by atoms with E-state index < -0.39 is 5.69 Å². The second kappa shape index (κ2) is 9.07. The smallest absolute Gasteiger partial charge is 0.348 e. The number of rotatable bonds is 6. The van der Waals surface area contributed by atoms with Gasteiger partial charge in [-0.2, -0.15) is 4.98 Å². The number of carbonyl (C=O) groups excluding carboxylic acids is 1. The number of amides is 1. The normalized spacial score (nSPS) is 13.7. The number of thiazole rings is 1. The van der Waals surface area contributed by atoms with Crippen LogP contribution in [0.4, 0.5) is 10.8 Å². The molecule has 0 bridgehead atoms. The Morgan fingerprint density at radius 3 is 2.70 bits per heavy atom. The first-order valence-electron chi connectivity index (χ1n) is 11.1. The molecular weight excluding hydrogens is 454 g/mol. The second-order valence-electron chi connectivity index (χ2n) is 8.16. The maximum atomic E-state index is 13.1. The Hall–Kier alpha value is -3.04. The van der Waals surface area contributed by atoms with E-state index in [9.17, 15) is 9.59 Å². The number of thiophene rings is 1. The molecule has 0 radical (unpaired) electrons. The van der Waals surface area contributed by atoms with Gasteiger partial charge in [-0.1, -0.05) is 42.5 Å². The Bertz CT molecular complexity index is 1370. The molecule has 4 heterocycles. The number of hydrogen-bond acceptors (Lipinski definition) is 7. The molecule has 1 saturated heterocycles. The molecule has 3 aromatic heterocycles. The molecule has 4 aromatic rings. The van der Waals surface area contributed by atoms with E-state index in [0.29, 0.717) is 16.0 Å². The SMILES string of the molecule is CCc1cccc(C)c1NC(=O)Cn1c(=O)nc(-c2cccs2)c2nc(N3CCCC3)sc21. The predicted molar refractivity (Wildman–Crippen MR) is 136 cm³/mol. The first kappa shape index (κ1) is 21.8. The number of carbonyl (C=O) groups is 1. The van der Waals surface area contributed by atoms with Crippen LogP contribution in [-0.2, 0) is 17.8 Å². The molecule has 1 aliphatic rings. The standard InChI is InChI=1S/C24H25N5O2S2/c1-3-16-9-6-8-15(2)19(16)25-18(30)14-29-22-21(27-24(33-22)28-11-4-5-12-28)20(26-23(29)31)17-10-7-13-32-17/h6-10,13H,3-5,11-12,14H2,1-2H3,(H,25,30). The molecule has 170 valence electrons. The van der Waals surface area contributed by atoms with Crippen LogP contribution in [0, 0.1) is 6.92 Å². The van der Waals surface area contributed by atoms with E-state index in [0.717, 1.165) is 59.2 Å². The molecule has 7 nitrogen and oxygen atoms in total. The van der Waals surface area contributed by atoms with Gasteiger partial charge in [0.15, 0.2) is 5.13 Å². The molecule has 0 saturated carbocycles. The Balaban J connectivity index is 1.55. The fourth-order valence-electron chi connectivity index (χ4n) is 4.23. The average molecular weight is 480 g/mol. The molecule has 0 aliphatic carbocycles. The number of anilines is 2. The molecule has 1 aromatic carbocycles. The zero-order valence-electron chi connectivity index (χ0n) is 18.6. The van der Waals surface area contributed by atoms with E-state index in [4.69, 9.17) is 4.98 Å². The minimum absolute atomic E-state index is 0.105. The summed E-state index contributed by atoms with van der Waals surface area (Å²) in [4.78, 5) is 39.2. The molecule has 0 atom stereocenters. The number of aromatic nitrogens is 3. The van der Waals surface area contributed by atoms with Crippen LogP contribution < -0.4 is 15.9 Å². The van der Waals surface area contributed by atoms with Gasteiger partial charge in [0.2, 0.25) is 5.91 Å². The summed E-state index contributed by atoms with van der Waals surface area (Å²) >= 11 is 3.00. The number of fused-ring (bicyclic) bond motifs is 1. The highest BCUT2D eigenvalue weighted by Crippen LogP contribution is 2.35. The minimum atomic E-state index is -0.432. The van der Waals surface area contributed by atoms with Crippen LogP contribution in [0.15, 0.2) is 40.5 Å². The van der Waals surface area contributed by atoms with Crippen LogP contribution in [0.2, 0.25) is 0 Å². The summed E-state index contributed by atoms with van der Waals surface area (Å²) in [5.41, 5.74) is 3.73. The fraction of sp³-hybridized carbons (Fsp3) is 0.333. The van der Waals surface area contributed by atoms with Gasteiger partial charge in [-0.15, -0.1) is 11.3 Å². The molecule has 1 N–H and O–H groups in total. The second-order valence-corrected chi connectivity index (χ2v) is 10.1. The van der Waals surface area contributed by atoms with Crippen LogP contribution in [0.25, 0.3) is 20.9 Å². The highest BCUT2D eigenvalue weighted by atomic mass is 32.1. The van der Waals surface area contributed by atoms with Crippen LogP contribution in [0.5, 0.6) is 0 Å². The van der Waals surface area contributed by atoms with Crippen molar-refractivity contribution in [3.63, 3.8) is 0 Å². The Morgan fingerprint density at radius 1 is 1.15 bits per heavy atom. The minimum Gasteiger partial charge on any atom is -0.348 e. The van der Waals surface area contributed by atoms with Gasteiger partial charge in [-0.25, -0.2) is 9.78 Å². The monoisotopic (exact) mass is 479 g/mol. The molecule has 5 rings (SSSR count). The summed E-state index contributed by atoms with van der Waals surface area (Å²) in [5.74, 6) is -0.246. The van der Waals surface area contributed by atoms with Crippen LogP contribution in [0.1, 0.15) is 30.9 Å². The molecular formula is C24H25N5O2S2. The van der Waals surface area contributed by atoms with Gasteiger partial charge >= 0.3 is 5.69 Å². The number of nitrogens with zero attached hydrogens (tertiary/aromatic N) is 4. The van der Waals surface area contributed by atoms with Gasteiger partial charge in [-0.05, 0) is 48.8 Å². The van der Waals surface area contributed by atoms with E-state index in [1.54, 1.807) is 0 Å². The highest BCUT2D eigenvalue weighted by Gasteiger charge is 2.23. The van der Waals surface area contributed by atoms with Crippen LogP contribution in [-0.4, -0.2) is 33.5 Å². The lowest BCUT2D eigenvalue weighted by Crippen LogP contribution is -2.30. The zero-order valence-corrected chi connectivity index (χ0v) is 20.3. The topological polar surface area (TPSA) is 80.1 Å². The molecule has 0 spiro atoms. The zero-order chi connectivity index (χ0) is 22.9. The molecule has 1 amide bonds. The maximum Gasteiger partial charge on any atom is 0.349 e. The number of para-hydroxylation sites is 1. The lowest BCUT2D eigenvalue weighted by atomic mass is 10.1. The van der Waals surface area contributed by atoms with Crippen molar-refractivity contribution >= 4 is 49.7 Å². The van der Waals surface area contributed by atoms with Crippen molar-refractivity contribution in [1.29, 1.82) is 0 Å². The average Bonchev–Trinajstić information content (AvgIpc) is 3.58. The van der Waals surface area contributed by atoms with Crippen LogP contribution in [0.3, 0.4) is 0 Å². The summed E-state index contributed by atoms with van der Waals surface area (Å²) in [6.45, 7) is 5.84. The predicted octanol–water partition coefficient (Wildman–Crippen LogP) is 4.69. The molecule has 9 heteroatoms. The largest absolute Gasteiger partial charge is 0.349 e. The van der Waals surface area contributed by atoms with E-state index in [1.165, 1.54) is 27.2 Å². The van der Waals surface area contributed by atoms with Gasteiger partial charge in [0.25, 0.3) is 0 Å². The summed E-state index contributed by atoms with van der Waals surface area (Å²) in [6.07, 6.45) is 3.08. The van der Waals surface area contributed by atoms with Gasteiger partial charge in [-0.3, -0.25) is 9.36 Å². The number of nitrogens with one attached hydrogen (secondary N) is 1. The maximum absolute atomic E-state index is 13.1. The third kappa shape index (κ3) is 4.18. The first-order valence-corrected chi connectivity index (χ1v) is 12.8. The third-order valence-electron chi connectivity index (χ3n) is 5.94. The summed E-state index contributed by atoms with van der Waals surface area (Å²) < 4.78 is 1.46. The van der Waals surface area contributed by atoms with Gasteiger partial charge < -0.3 is 10.2 Å². The number of hydrogen-bond donors (Lipinski definition) is 1. The van der Waals surface area contributed by atoms with Crippen molar-refractivity contribution in [1.82, 2.24) is 14.5 Å². The van der Waals surface area contributed by atoms with Crippen molar-refractivity contribution < 1.29 is 4.79 Å². The molecule has 0 unspecified atom stereocenters. The first-order chi connectivity index (χ1) is 16.0.